The van der Waals surface area contributed by atoms with E-state index in [1.54, 1.807) is 4.68 Å². The third kappa shape index (κ3) is 2.01. The molecule has 0 spiro atoms. The summed E-state index contributed by atoms with van der Waals surface area (Å²) < 4.78 is -0.164. The molecule has 0 bridgehead atoms. The highest BCUT2D eigenvalue weighted by Gasteiger charge is 2.36. The maximum absolute atomic E-state index is 11.2. The zero-order valence-corrected chi connectivity index (χ0v) is 10.5. The van der Waals surface area contributed by atoms with Crippen LogP contribution in [0.4, 0.5) is 0 Å². The molecule has 4 nitrogen and oxygen atoms in total. The van der Waals surface area contributed by atoms with E-state index in [9.17, 15) is 4.79 Å². The molecule has 1 aromatic rings. The van der Waals surface area contributed by atoms with Gasteiger partial charge in [-0.3, -0.25) is 4.68 Å². The number of aryl methyl sites for hydroxylation is 1. The fourth-order valence-electron chi connectivity index (χ4n) is 1.91. The van der Waals surface area contributed by atoms with Crippen molar-refractivity contribution in [2.24, 2.45) is 0 Å². The molecule has 0 amide bonds. The summed E-state index contributed by atoms with van der Waals surface area (Å²) >= 11 is 17.2. The number of hydrogen-bond acceptors (Lipinski definition) is 2. The Morgan fingerprint density at radius 2 is 2.06 bits per heavy atom. The van der Waals surface area contributed by atoms with E-state index in [4.69, 9.17) is 39.9 Å². The van der Waals surface area contributed by atoms with E-state index in [2.05, 4.69) is 5.10 Å². The molecule has 2 rings (SSSR count). The Morgan fingerprint density at radius 1 is 1.38 bits per heavy atom. The van der Waals surface area contributed by atoms with Gasteiger partial charge in [-0.15, -0.1) is 0 Å². The van der Waals surface area contributed by atoms with Crippen LogP contribution in [0.2, 0.25) is 0 Å². The number of alkyl halides is 3. The summed E-state index contributed by atoms with van der Waals surface area (Å²) in [6.07, 6.45) is 2.56. The second-order valence-corrected chi connectivity index (χ2v) is 5.93. The van der Waals surface area contributed by atoms with Crippen LogP contribution in [-0.4, -0.2) is 20.9 Å². The normalized spacial score (nSPS) is 15.9. The third-order valence-corrected chi connectivity index (χ3v) is 3.11. The van der Waals surface area contributed by atoms with Crippen LogP contribution in [0.5, 0.6) is 0 Å². The fourth-order valence-corrected chi connectivity index (χ4v) is 2.31. The molecule has 0 saturated heterocycles. The summed E-state index contributed by atoms with van der Waals surface area (Å²) in [4.78, 5) is 11.2. The Bertz CT molecular complexity index is 437. The molecule has 0 aromatic carbocycles. The van der Waals surface area contributed by atoms with E-state index in [0.29, 0.717) is 18.7 Å². The predicted octanol–water partition coefficient (Wildman–Crippen LogP) is 2.74. The van der Waals surface area contributed by atoms with Crippen molar-refractivity contribution in [2.75, 3.05) is 0 Å². The molecule has 0 saturated carbocycles. The standard InChI is InChI=1S/C9H9Cl3N2O2/c10-9(11,12)7-6(8(15)16)5-3-1-2-4-14(5)13-7/h1-4H2,(H,15,16). The molecule has 0 atom stereocenters. The van der Waals surface area contributed by atoms with Crippen LogP contribution in [0.25, 0.3) is 0 Å². The van der Waals surface area contributed by atoms with Crippen molar-refractivity contribution in [1.82, 2.24) is 9.78 Å². The molecule has 1 aliphatic rings. The number of aromatic carboxylic acids is 1. The highest BCUT2D eigenvalue weighted by atomic mass is 35.6. The molecule has 16 heavy (non-hydrogen) atoms. The smallest absolute Gasteiger partial charge is 0.339 e. The van der Waals surface area contributed by atoms with Crippen LogP contribution in [0.3, 0.4) is 0 Å². The Balaban J connectivity index is 2.61. The van der Waals surface area contributed by atoms with Crippen LogP contribution in [-0.2, 0) is 16.8 Å². The molecule has 1 aromatic heterocycles. The molecule has 0 aliphatic carbocycles. The number of aromatic nitrogens is 2. The largest absolute Gasteiger partial charge is 0.478 e. The second kappa shape index (κ2) is 4.09. The number of rotatable bonds is 1. The summed E-state index contributed by atoms with van der Waals surface area (Å²) in [5, 5.41) is 13.2. The summed E-state index contributed by atoms with van der Waals surface area (Å²) in [5.74, 6) is -1.09. The Hall–Kier alpha value is -0.450. The van der Waals surface area contributed by atoms with E-state index in [0.717, 1.165) is 12.8 Å². The molecule has 7 heteroatoms. The number of halogens is 3. The lowest BCUT2D eigenvalue weighted by atomic mass is 10.1. The van der Waals surface area contributed by atoms with Crippen LogP contribution in [0, 0.1) is 0 Å². The number of carbonyl (C=O) groups is 1. The van der Waals surface area contributed by atoms with Crippen molar-refractivity contribution in [2.45, 2.75) is 29.6 Å². The number of hydrogen-bond donors (Lipinski definition) is 1. The van der Waals surface area contributed by atoms with Crippen LogP contribution in [0.15, 0.2) is 0 Å². The van der Waals surface area contributed by atoms with Crippen molar-refractivity contribution in [3.8, 4) is 0 Å². The topological polar surface area (TPSA) is 55.1 Å². The molecule has 88 valence electrons. The van der Waals surface area contributed by atoms with Crippen LogP contribution < -0.4 is 0 Å². The monoisotopic (exact) mass is 282 g/mol. The lowest BCUT2D eigenvalue weighted by molar-refractivity contribution is 0.0694. The number of carboxylic acid groups (broad SMARTS) is 1. The van der Waals surface area contributed by atoms with E-state index in [1.807, 2.05) is 0 Å². The van der Waals surface area contributed by atoms with Gasteiger partial charge in [0.25, 0.3) is 0 Å². The summed E-state index contributed by atoms with van der Waals surface area (Å²) in [6.45, 7) is 0.677. The maximum atomic E-state index is 11.2. The molecule has 1 aliphatic heterocycles. The van der Waals surface area contributed by atoms with E-state index >= 15 is 0 Å². The van der Waals surface area contributed by atoms with E-state index in [-0.39, 0.29) is 11.3 Å². The zero-order chi connectivity index (χ0) is 11.9. The van der Waals surface area contributed by atoms with Crippen molar-refractivity contribution in [1.29, 1.82) is 0 Å². The molecule has 0 radical (unpaired) electrons. The van der Waals surface area contributed by atoms with Crippen molar-refractivity contribution >= 4 is 40.8 Å². The van der Waals surface area contributed by atoms with E-state index < -0.39 is 9.76 Å². The quantitative estimate of drug-likeness (QED) is 0.806. The lowest BCUT2D eigenvalue weighted by Gasteiger charge is -2.13. The van der Waals surface area contributed by atoms with Crippen molar-refractivity contribution < 1.29 is 9.90 Å². The molecular weight excluding hydrogens is 274 g/mol. The SMILES string of the molecule is O=C(O)c1c(C(Cl)(Cl)Cl)nn2c1CCCC2. The molecule has 0 unspecified atom stereocenters. The lowest BCUT2D eigenvalue weighted by Crippen LogP contribution is -2.13. The second-order valence-electron chi connectivity index (χ2n) is 3.65. The maximum Gasteiger partial charge on any atom is 0.339 e. The average Bonchev–Trinajstić information content (AvgIpc) is 2.55. The predicted molar refractivity (Wildman–Crippen MR) is 61.4 cm³/mol. The van der Waals surface area contributed by atoms with Gasteiger partial charge in [0.05, 0.1) is 5.69 Å². The third-order valence-electron chi connectivity index (χ3n) is 2.57. The van der Waals surface area contributed by atoms with Crippen molar-refractivity contribution in [3.05, 3.63) is 17.0 Å². The van der Waals surface area contributed by atoms with Gasteiger partial charge in [-0.2, -0.15) is 5.10 Å². The van der Waals surface area contributed by atoms with Crippen molar-refractivity contribution in [3.63, 3.8) is 0 Å². The number of carboxylic acids is 1. The molecule has 1 N–H and O–H groups in total. The molecule has 2 heterocycles. The van der Waals surface area contributed by atoms with Gasteiger partial charge in [-0.1, -0.05) is 34.8 Å². The highest BCUT2D eigenvalue weighted by molar-refractivity contribution is 6.66. The van der Waals surface area contributed by atoms with Gasteiger partial charge in [-0.05, 0) is 19.3 Å². The Morgan fingerprint density at radius 3 is 2.62 bits per heavy atom. The van der Waals surface area contributed by atoms with Gasteiger partial charge in [-0.25, -0.2) is 4.79 Å². The number of fused-ring (bicyclic) bond motifs is 1. The minimum absolute atomic E-state index is 0.0156. The first-order valence-electron chi connectivity index (χ1n) is 4.81. The first-order valence-corrected chi connectivity index (χ1v) is 5.95. The van der Waals surface area contributed by atoms with Gasteiger partial charge in [0.1, 0.15) is 11.3 Å². The summed E-state index contributed by atoms with van der Waals surface area (Å²) in [7, 11) is 0. The van der Waals surface area contributed by atoms with Crippen LogP contribution in [0.1, 0.15) is 34.6 Å². The average molecular weight is 284 g/mol. The zero-order valence-electron chi connectivity index (χ0n) is 8.21. The Labute approximate surface area is 107 Å². The Kier molecular flexibility index (Phi) is 3.07. The van der Waals surface area contributed by atoms with Gasteiger partial charge < -0.3 is 5.11 Å². The van der Waals surface area contributed by atoms with E-state index in [1.165, 1.54) is 0 Å². The minimum Gasteiger partial charge on any atom is -0.478 e. The van der Waals surface area contributed by atoms with Gasteiger partial charge in [0, 0.05) is 6.54 Å². The first kappa shape index (κ1) is 12.0. The van der Waals surface area contributed by atoms with Gasteiger partial charge in [0.15, 0.2) is 0 Å². The highest BCUT2D eigenvalue weighted by Crippen LogP contribution is 2.40. The number of nitrogens with zero attached hydrogens (tertiary/aromatic N) is 2. The molecule has 0 fully saturated rings. The fraction of sp³-hybridized carbons (Fsp3) is 0.556. The van der Waals surface area contributed by atoms with Crippen LogP contribution >= 0.6 is 34.8 Å². The van der Waals surface area contributed by atoms with Gasteiger partial charge >= 0.3 is 5.97 Å². The van der Waals surface area contributed by atoms with Gasteiger partial charge in [0.2, 0.25) is 3.79 Å². The summed E-state index contributed by atoms with van der Waals surface area (Å²) in [5.41, 5.74) is 0.710. The minimum atomic E-state index is -1.79. The molecular formula is C9H9Cl3N2O2. The first-order chi connectivity index (χ1) is 7.41. The summed E-state index contributed by atoms with van der Waals surface area (Å²) in [6, 6.07) is 0.